The van der Waals surface area contributed by atoms with Crippen LogP contribution in [0.2, 0.25) is 0 Å². The monoisotopic (exact) mass is 360 g/mol. The maximum atomic E-state index is 12.7. The third-order valence-corrected chi connectivity index (χ3v) is 4.05. The van der Waals surface area contributed by atoms with Crippen LogP contribution in [0.25, 0.3) is 11.3 Å². The van der Waals surface area contributed by atoms with Gasteiger partial charge in [-0.05, 0) is 37.2 Å². The first-order valence-electron chi connectivity index (χ1n) is 7.67. The van der Waals surface area contributed by atoms with Crippen molar-refractivity contribution in [1.29, 1.82) is 0 Å². The van der Waals surface area contributed by atoms with Gasteiger partial charge in [-0.2, -0.15) is 18.3 Å². The van der Waals surface area contributed by atoms with Crippen LogP contribution >= 0.6 is 12.4 Å². The molecule has 0 saturated carbocycles. The highest BCUT2D eigenvalue weighted by molar-refractivity contribution is 5.85. The van der Waals surface area contributed by atoms with Gasteiger partial charge in [-0.3, -0.25) is 10.00 Å². The number of halogens is 4. The summed E-state index contributed by atoms with van der Waals surface area (Å²) in [5.74, 6) is 0. The molecule has 2 aromatic rings. The Hall–Kier alpha value is -1.57. The first-order chi connectivity index (χ1) is 11.0. The number of hydrogen-bond donors (Lipinski definition) is 2. The third kappa shape index (κ3) is 4.49. The molecule has 1 saturated heterocycles. The fourth-order valence-electron chi connectivity index (χ4n) is 2.81. The Morgan fingerprint density at radius 3 is 2.54 bits per heavy atom. The Kier molecular flexibility index (Phi) is 6.26. The van der Waals surface area contributed by atoms with Crippen LogP contribution in [-0.2, 0) is 12.7 Å². The van der Waals surface area contributed by atoms with Crippen LogP contribution in [0.3, 0.4) is 0 Å². The van der Waals surface area contributed by atoms with E-state index in [1.807, 2.05) is 0 Å². The van der Waals surface area contributed by atoms with Gasteiger partial charge in [0.15, 0.2) is 0 Å². The number of rotatable bonds is 3. The van der Waals surface area contributed by atoms with E-state index in [4.69, 9.17) is 0 Å². The molecule has 8 heteroatoms. The number of benzene rings is 1. The highest BCUT2D eigenvalue weighted by Crippen LogP contribution is 2.31. The van der Waals surface area contributed by atoms with Crippen molar-refractivity contribution < 1.29 is 13.2 Å². The van der Waals surface area contributed by atoms with Gasteiger partial charge in [0.05, 0.1) is 17.5 Å². The van der Waals surface area contributed by atoms with Crippen molar-refractivity contribution in [3.63, 3.8) is 0 Å². The van der Waals surface area contributed by atoms with Crippen LogP contribution in [0.4, 0.5) is 13.2 Å². The van der Waals surface area contributed by atoms with Gasteiger partial charge in [-0.25, -0.2) is 0 Å². The molecular formula is C16H20ClF3N4. The first-order valence-corrected chi connectivity index (χ1v) is 7.67. The summed E-state index contributed by atoms with van der Waals surface area (Å²) in [4.78, 5) is 2.33. The Morgan fingerprint density at radius 2 is 1.83 bits per heavy atom. The standard InChI is InChI=1S/C16H19F3N4.ClH/c17-16(18,19)14-4-2-12(3-5-14)15-13(10-21-22-15)11-23-8-1-6-20-7-9-23;/h2-5,10,20H,1,6-9,11H2,(H,21,22);1H. The second kappa shape index (κ2) is 8.00. The number of nitrogens with zero attached hydrogens (tertiary/aromatic N) is 2. The molecule has 132 valence electrons. The molecule has 1 aromatic carbocycles. The quantitative estimate of drug-likeness (QED) is 0.882. The summed E-state index contributed by atoms with van der Waals surface area (Å²) in [5, 5.41) is 10.3. The van der Waals surface area contributed by atoms with Crippen LogP contribution in [-0.4, -0.2) is 41.3 Å². The number of nitrogens with one attached hydrogen (secondary N) is 2. The Balaban J connectivity index is 0.00000208. The summed E-state index contributed by atoms with van der Waals surface area (Å²) in [6.07, 6.45) is -1.47. The van der Waals surface area contributed by atoms with Gasteiger partial charge in [-0.15, -0.1) is 12.4 Å². The summed E-state index contributed by atoms with van der Waals surface area (Å²) in [5.41, 5.74) is 1.88. The summed E-state index contributed by atoms with van der Waals surface area (Å²) < 4.78 is 38.0. The zero-order valence-electron chi connectivity index (χ0n) is 13.1. The van der Waals surface area contributed by atoms with Crippen LogP contribution in [0, 0.1) is 0 Å². The minimum absolute atomic E-state index is 0. The van der Waals surface area contributed by atoms with Gasteiger partial charge < -0.3 is 5.32 Å². The summed E-state index contributed by atoms with van der Waals surface area (Å²) in [6, 6.07) is 5.19. The molecule has 4 nitrogen and oxygen atoms in total. The average molecular weight is 361 g/mol. The lowest BCUT2D eigenvalue weighted by molar-refractivity contribution is -0.137. The minimum atomic E-state index is -4.31. The molecule has 2 heterocycles. The average Bonchev–Trinajstić information content (AvgIpc) is 2.82. The lowest BCUT2D eigenvalue weighted by atomic mass is 10.1. The maximum Gasteiger partial charge on any atom is 0.416 e. The Labute approximate surface area is 144 Å². The fourth-order valence-corrected chi connectivity index (χ4v) is 2.81. The molecule has 0 atom stereocenters. The molecule has 0 spiro atoms. The normalized spacial score (nSPS) is 16.5. The molecule has 0 radical (unpaired) electrons. The molecule has 1 fully saturated rings. The molecule has 0 bridgehead atoms. The summed E-state index contributed by atoms with van der Waals surface area (Å²) in [6.45, 7) is 4.68. The Bertz CT molecular complexity index is 632. The van der Waals surface area contributed by atoms with E-state index in [1.54, 1.807) is 6.20 Å². The van der Waals surface area contributed by atoms with Crippen molar-refractivity contribution in [1.82, 2.24) is 20.4 Å². The van der Waals surface area contributed by atoms with Gasteiger partial charge in [0.25, 0.3) is 0 Å². The van der Waals surface area contributed by atoms with E-state index in [0.717, 1.165) is 68.1 Å². The van der Waals surface area contributed by atoms with E-state index in [-0.39, 0.29) is 12.4 Å². The second-order valence-electron chi connectivity index (χ2n) is 5.73. The topological polar surface area (TPSA) is 44.0 Å². The van der Waals surface area contributed by atoms with Gasteiger partial charge in [0.2, 0.25) is 0 Å². The molecule has 1 aliphatic rings. The van der Waals surface area contributed by atoms with Gasteiger partial charge in [-0.1, -0.05) is 12.1 Å². The number of H-pyrrole nitrogens is 1. The van der Waals surface area contributed by atoms with E-state index in [0.29, 0.717) is 0 Å². The van der Waals surface area contributed by atoms with Gasteiger partial charge in [0, 0.05) is 25.2 Å². The second-order valence-corrected chi connectivity index (χ2v) is 5.73. The van der Waals surface area contributed by atoms with Crippen LogP contribution in [0.1, 0.15) is 17.5 Å². The van der Waals surface area contributed by atoms with Crippen LogP contribution in [0.5, 0.6) is 0 Å². The predicted molar refractivity (Wildman–Crippen MR) is 89.0 cm³/mol. The molecule has 2 N–H and O–H groups in total. The number of aromatic nitrogens is 2. The third-order valence-electron chi connectivity index (χ3n) is 4.05. The van der Waals surface area contributed by atoms with Gasteiger partial charge in [0.1, 0.15) is 0 Å². The number of hydrogen-bond acceptors (Lipinski definition) is 3. The zero-order valence-corrected chi connectivity index (χ0v) is 13.9. The van der Waals surface area contributed by atoms with E-state index in [9.17, 15) is 13.2 Å². The number of aromatic amines is 1. The molecule has 0 aliphatic carbocycles. The van der Waals surface area contributed by atoms with E-state index >= 15 is 0 Å². The Morgan fingerprint density at radius 1 is 1.08 bits per heavy atom. The fraction of sp³-hybridized carbons (Fsp3) is 0.438. The molecule has 1 aliphatic heterocycles. The van der Waals surface area contributed by atoms with Crippen molar-refractivity contribution in [2.75, 3.05) is 26.2 Å². The van der Waals surface area contributed by atoms with E-state index in [1.165, 1.54) is 12.1 Å². The highest BCUT2D eigenvalue weighted by atomic mass is 35.5. The lowest BCUT2D eigenvalue weighted by Gasteiger charge is -2.19. The largest absolute Gasteiger partial charge is 0.416 e. The predicted octanol–water partition coefficient (Wildman–Crippen LogP) is 3.31. The smallest absolute Gasteiger partial charge is 0.315 e. The molecule has 1 aromatic heterocycles. The lowest BCUT2D eigenvalue weighted by Crippen LogP contribution is -2.27. The van der Waals surface area contributed by atoms with Crippen molar-refractivity contribution in [3.05, 3.63) is 41.6 Å². The number of alkyl halides is 3. The zero-order chi connectivity index (χ0) is 16.3. The molecule has 24 heavy (non-hydrogen) atoms. The van der Waals surface area contributed by atoms with Crippen LogP contribution in [0.15, 0.2) is 30.5 Å². The summed E-state index contributed by atoms with van der Waals surface area (Å²) in [7, 11) is 0. The van der Waals surface area contributed by atoms with Gasteiger partial charge >= 0.3 is 6.18 Å². The SMILES string of the molecule is Cl.FC(F)(F)c1ccc(-c2[nH]ncc2CN2CCCNCC2)cc1. The molecule has 0 amide bonds. The first kappa shape index (κ1) is 18.8. The van der Waals surface area contributed by atoms with Crippen LogP contribution < -0.4 is 5.32 Å². The molecular weight excluding hydrogens is 341 g/mol. The van der Waals surface area contributed by atoms with Crippen molar-refractivity contribution in [2.24, 2.45) is 0 Å². The highest BCUT2D eigenvalue weighted by Gasteiger charge is 2.30. The summed E-state index contributed by atoms with van der Waals surface area (Å²) >= 11 is 0. The van der Waals surface area contributed by atoms with Crippen molar-refractivity contribution >= 4 is 12.4 Å². The molecule has 3 rings (SSSR count). The van der Waals surface area contributed by atoms with Crippen molar-refractivity contribution in [3.8, 4) is 11.3 Å². The minimum Gasteiger partial charge on any atom is -0.315 e. The van der Waals surface area contributed by atoms with E-state index in [2.05, 4.69) is 20.4 Å². The maximum absolute atomic E-state index is 12.7. The molecule has 0 unspecified atom stereocenters. The van der Waals surface area contributed by atoms with E-state index < -0.39 is 11.7 Å². The van der Waals surface area contributed by atoms with Crippen molar-refractivity contribution in [2.45, 2.75) is 19.1 Å².